The zero-order chi connectivity index (χ0) is 36.5. The molecule has 0 unspecified atom stereocenters. The van der Waals surface area contributed by atoms with Crippen molar-refractivity contribution in [3.8, 4) is 33.4 Å². The average molecular weight is 675 g/mol. The molecule has 2 aromatic heterocycles. The molecule has 0 saturated carbocycles. The van der Waals surface area contributed by atoms with Crippen LogP contribution in [-0.4, -0.2) is 43.8 Å². The van der Waals surface area contributed by atoms with Crippen LogP contribution < -0.4 is 9.80 Å². The molecule has 0 radical (unpaired) electrons. The van der Waals surface area contributed by atoms with Crippen molar-refractivity contribution < 1.29 is 0 Å². The number of aliphatic imine (C=N–C) groups is 2. The van der Waals surface area contributed by atoms with Crippen LogP contribution in [0.1, 0.15) is 94.2 Å². The summed E-state index contributed by atoms with van der Waals surface area (Å²) < 4.78 is 0. The molecule has 0 amide bonds. The molecular formula is C45H50N6. The van der Waals surface area contributed by atoms with Crippen LogP contribution in [0.3, 0.4) is 0 Å². The average Bonchev–Trinajstić information content (AvgIpc) is 3.47. The lowest BCUT2D eigenvalue weighted by molar-refractivity contribution is 0.337. The molecule has 6 nitrogen and oxygen atoms in total. The number of anilines is 2. The van der Waals surface area contributed by atoms with Crippen LogP contribution in [-0.2, 0) is 5.41 Å². The van der Waals surface area contributed by atoms with Crippen LogP contribution in [0.4, 0.5) is 11.6 Å². The highest BCUT2D eigenvalue weighted by atomic mass is 15.4. The van der Waals surface area contributed by atoms with Gasteiger partial charge in [0.2, 0.25) is 0 Å². The van der Waals surface area contributed by atoms with Gasteiger partial charge in [0.15, 0.2) is 0 Å². The number of pyridine rings is 2. The third-order valence-corrected chi connectivity index (χ3v) is 12.9. The topological polar surface area (TPSA) is 57.0 Å². The Bertz CT molecular complexity index is 2300. The molecule has 3 aliphatic rings. The van der Waals surface area contributed by atoms with Gasteiger partial charge in [-0.05, 0) is 150 Å². The normalized spacial score (nSPS) is 20.3. The third-order valence-electron chi connectivity index (χ3n) is 12.9. The first-order valence-corrected chi connectivity index (χ1v) is 18.2. The first kappa shape index (κ1) is 33.3. The number of hydrogen-bond acceptors (Lipinski definition) is 6. The maximum absolute atomic E-state index is 4.97. The highest BCUT2D eigenvalue weighted by molar-refractivity contribution is 6.01. The van der Waals surface area contributed by atoms with Crippen molar-refractivity contribution in [1.29, 1.82) is 0 Å². The summed E-state index contributed by atoms with van der Waals surface area (Å²) in [6.07, 6.45) is 4.02. The molecule has 0 spiro atoms. The van der Waals surface area contributed by atoms with Gasteiger partial charge in [-0.25, -0.2) is 9.97 Å². The number of amidine groups is 2. The van der Waals surface area contributed by atoms with E-state index in [4.69, 9.17) is 20.0 Å². The summed E-state index contributed by atoms with van der Waals surface area (Å²) in [4.78, 5) is 24.3. The molecule has 1 aliphatic carbocycles. The number of benzene rings is 3. The summed E-state index contributed by atoms with van der Waals surface area (Å²) in [6.45, 7) is 26.6. The zero-order valence-corrected chi connectivity index (χ0v) is 32.3. The summed E-state index contributed by atoms with van der Waals surface area (Å²) in [5, 5.41) is 2.55. The van der Waals surface area contributed by atoms with Gasteiger partial charge in [0.25, 0.3) is 0 Å². The van der Waals surface area contributed by atoms with E-state index in [1.165, 1.54) is 44.2 Å². The van der Waals surface area contributed by atoms with Crippen molar-refractivity contribution in [2.45, 2.75) is 111 Å². The van der Waals surface area contributed by atoms with E-state index >= 15 is 0 Å². The van der Waals surface area contributed by atoms with Crippen LogP contribution in [0.25, 0.3) is 44.2 Å². The second-order valence-corrected chi connectivity index (χ2v) is 17.3. The lowest BCUT2D eigenvalue weighted by Gasteiger charge is -2.40. The molecule has 8 rings (SSSR count). The molecule has 0 saturated heterocycles. The minimum atomic E-state index is -0.190. The first-order chi connectivity index (χ1) is 23.8. The van der Waals surface area contributed by atoms with E-state index < -0.39 is 0 Å². The van der Waals surface area contributed by atoms with Crippen LogP contribution >= 0.6 is 0 Å². The summed E-state index contributed by atoms with van der Waals surface area (Å²) in [6, 6.07) is 27.1. The van der Waals surface area contributed by atoms with E-state index in [1.54, 1.807) is 0 Å². The molecule has 260 valence electrons. The van der Waals surface area contributed by atoms with Crippen molar-refractivity contribution in [1.82, 2.24) is 9.97 Å². The Morgan fingerprint density at radius 2 is 0.961 bits per heavy atom. The third kappa shape index (κ3) is 4.67. The van der Waals surface area contributed by atoms with Crippen molar-refractivity contribution >= 4 is 34.1 Å². The molecule has 2 aliphatic heterocycles. The van der Waals surface area contributed by atoms with Crippen molar-refractivity contribution in [3.05, 3.63) is 96.3 Å². The second kappa shape index (κ2) is 10.6. The largest absolute Gasteiger partial charge is 0.307 e. The second-order valence-electron chi connectivity index (χ2n) is 17.3. The Morgan fingerprint density at radius 1 is 0.490 bits per heavy atom. The fourth-order valence-electron chi connectivity index (χ4n) is 8.84. The Hall–Kier alpha value is -4.84. The Labute approximate surface area is 303 Å². The highest BCUT2D eigenvalue weighted by Gasteiger charge is 2.49. The van der Waals surface area contributed by atoms with Crippen LogP contribution in [0.5, 0.6) is 0 Å². The molecule has 5 aromatic rings. The molecule has 0 bridgehead atoms. The summed E-state index contributed by atoms with van der Waals surface area (Å²) in [7, 11) is 0. The van der Waals surface area contributed by atoms with E-state index in [-0.39, 0.29) is 27.6 Å². The van der Waals surface area contributed by atoms with Gasteiger partial charge in [-0.1, -0.05) is 50.2 Å². The van der Waals surface area contributed by atoms with E-state index in [0.717, 1.165) is 34.4 Å². The van der Waals surface area contributed by atoms with Gasteiger partial charge in [-0.2, -0.15) is 0 Å². The monoisotopic (exact) mass is 674 g/mol. The molecule has 51 heavy (non-hydrogen) atoms. The van der Waals surface area contributed by atoms with Gasteiger partial charge < -0.3 is 9.80 Å². The number of aromatic nitrogens is 2. The number of fused-ring (bicyclic) bond motifs is 5. The molecule has 0 fully saturated rings. The van der Waals surface area contributed by atoms with Crippen molar-refractivity contribution in [2.24, 2.45) is 9.98 Å². The van der Waals surface area contributed by atoms with Crippen molar-refractivity contribution in [3.63, 3.8) is 0 Å². The molecule has 0 N–H and O–H groups in total. The fraction of sp³-hybridized carbons (Fsp3) is 0.378. The molecular weight excluding hydrogens is 625 g/mol. The predicted molar refractivity (Wildman–Crippen MR) is 215 cm³/mol. The number of hydrogen-bond donors (Lipinski definition) is 0. The highest BCUT2D eigenvalue weighted by Crippen LogP contribution is 2.52. The number of nitrogens with zero attached hydrogens (tertiary/aromatic N) is 6. The number of rotatable bonds is 4. The summed E-state index contributed by atoms with van der Waals surface area (Å²) in [5.41, 5.74) is 9.09. The predicted octanol–water partition coefficient (Wildman–Crippen LogP) is 10.9. The summed E-state index contributed by atoms with van der Waals surface area (Å²) in [5.74, 6) is 3.88. The van der Waals surface area contributed by atoms with Gasteiger partial charge in [-0.3, -0.25) is 9.98 Å². The van der Waals surface area contributed by atoms with E-state index in [2.05, 4.69) is 166 Å². The van der Waals surface area contributed by atoms with E-state index in [9.17, 15) is 0 Å². The quantitative estimate of drug-likeness (QED) is 0.190. The first-order valence-electron chi connectivity index (χ1n) is 18.2. The molecule has 3 aromatic carbocycles. The van der Waals surface area contributed by atoms with Crippen LogP contribution in [0.2, 0.25) is 0 Å². The maximum atomic E-state index is 4.97. The molecule has 0 atom stereocenters. The smallest absolute Gasteiger partial charge is 0.134 e. The van der Waals surface area contributed by atoms with Gasteiger partial charge in [0.1, 0.15) is 23.3 Å². The SMILES string of the molecule is CC1=NC(C)(C)C(C)(C)N1c1ccc(-c2ccc3c(c2)C(C)(C)c2c-3ccc3cc(-c4ccc(N5C(C)=NC(C)(C)C5(C)C)nc4)ccc23)cn1. The maximum Gasteiger partial charge on any atom is 0.134 e. The van der Waals surface area contributed by atoms with Crippen molar-refractivity contribution in [2.75, 3.05) is 9.80 Å². The fourth-order valence-corrected chi connectivity index (χ4v) is 8.84. The van der Waals surface area contributed by atoms with Gasteiger partial charge in [0, 0.05) is 28.9 Å². The van der Waals surface area contributed by atoms with E-state index in [0.29, 0.717) is 0 Å². The Morgan fingerprint density at radius 3 is 1.43 bits per heavy atom. The molecule has 4 heterocycles. The lowest BCUT2D eigenvalue weighted by Crippen LogP contribution is -2.53. The summed E-state index contributed by atoms with van der Waals surface area (Å²) >= 11 is 0. The Kier molecular flexibility index (Phi) is 6.92. The van der Waals surface area contributed by atoms with Gasteiger partial charge in [0.05, 0.1) is 22.2 Å². The lowest BCUT2D eigenvalue weighted by atomic mass is 9.79. The van der Waals surface area contributed by atoms with Gasteiger partial charge in [-0.15, -0.1) is 0 Å². The van der Waals surface area contributed by atoms with E-state index in [1.807, 2.05) is 12.4 Å². The molecule has 6 heteroatoms. The van der Waals surface area contributed by atoms with Crippen LogP contribution in [0.15, 0.2) is 95.2 Å². The van der Waals surface area contributed by atoms with Gasteiger partial charge >= 0.3 is 0 Å². The minimum absolute atomic E-state index is 0.160. The standard InChI is InChI=1S/C45H50N6/c1-27-48-42(5,6)44(9,10)50(27)38-21-16-32(25-46-38)29-13-18-34-31(23-29)15-20-36-35-19-14-30(24-37(35)41(3,4)40(34)36)33-17-22-39(47-26-33)51-28(2)49-43(7,8)45(51,11)12/h13-26H,1-12H3. The minimum Gasteiger partial charge on any atom is -0.307 e. The zero-order valence-electron chi connectivity index (χ0n) is 32.3. The van der Waals surface area contributed by atoms with Crippen LogP contribution in [0, 0.1) is 0 Å². The Balaban J connectivity index is 1.09.